The van der Waals surface area contributed by atoms with Crippen molar-refractivity contribution in [3.8, 4) is 0 Å². The SMILES string of the molecule is CN1CCN(c2ccc(CF)nc2)CC1. The van der Waals surface area contributed by atoms with Crippen LogP contribution >= 0.6 is 0 Å². The Bertz CT molecular complexity index is 304. The Morgan fingerprint density at radius 1 is 1.27 bits per heavy atom. The number of nitrogens with zero attached hydrogens (tertiary/aromatic N) is 3. The third kappa shape index (κ3) is 2.45. The lowest BCUT2D eigenvalue weighted by Crippen LogP contribution is -2.44. The molecule has 1 saturated heterocycles. The van der Waals surface area contributed by atoms with Crippen LogP contribution in [0.2, 0.25) is 0 Å². The smallest absolute Gasteiger partial charge is 0.131 e. The van der Waals surface area contributed by atoms with Gasteiger partial charge in [0.2, 0.25) is 0 Å². The van der Waals surface area contributed by atoms with Gasteiger partial charge >= 0.3 is 0 Å². The van der Waals surface area contributed by atoms with Gasteiger partial charge in [0.25, 0.3) is 0 Å². The van der Waals surface area contributed by atoms with Gasteiger partial charge in [0.1, 0.15) is 6.67 Å². The Kier molecular flexibility index (Phi) is 3.16. The highest BCUT2D eigenvalue weighted by atomic mass is 19.1. The van der Waals surface area contributed by atoms with E-state index in [0.29, 0.717) is 5.69 Å². The van der Waals surface area contributed by atoms with Gasteiger partial charge < -0.3 is 9.80 Å². The second kappa shape index (κ2) is 4.57. The molecule has 0 amide bonds. The first-order valence-electron chi connectivity index (χ1n) is 5.24. The molecule has 1 fully saturated rings. The number of aromatic nitrogens is 1. The average Bonchev–Trinajstić information content (AvgIpc) is 2.30. The summed E-state index contributed by atoms with van der Waals surface area (Å²) in [5.41, 5.74) is 1.60. The van der Waals surface area contributed by atoms with Crippen molar-refractivity contribution in [1.82, 2.24) is 9.88 Å². The molecule has 0 aromatic carbocycles. The number of halogens is 1. The molecule has 1 aromatic heterocycles. The maximum atomic E-state index is 12.3. The van der Waals surface area contributed by atoms with Crippen LogP contribution in [0.4, 0.5) is 10.1 Å². The molecule has 0 bridgehead atoms. The summed E-state index contributed by atoms with van der Waals surface area (Å²) in [6, 6.07) is 3.71. The predicted molar refractivity (Wildman–Crippen MR) is 58.8 cm³/mol. The Balaban J connectivity index is 2.03. The lowest BCUT2D eigenvalue weighted by Gasteiger charge is -2.33. The minimum Gasteiger partial charge on any atom is -0.368 e. The number of hydrogen-bond donors (Lipinski definition) is 0. The van der Waals surface area contributed by atoms with Crippen LogP contribution in [0.5, 0.6) is 0 Å². The average molecular weight is 209 g/mol. The summed E-state index contributed by atoms with van der Waals surface area (Å²) < 4.78 is 12.3. The van der Waals surface area contributed by atoms with Gasteiger partial charge in [-0.05, 0) is 19.2 Å². The number of piperazine rings is 1. The Morgan fingerprint density at radius 2 is 2.00 bits per heavy atom. The normalized spacial score (nSPS) is 18.1. The Morgan fingerprint density at radius 3 is 2.53 bits per heavy atom. The molecule has 0 N–H and O–H groups in total. The summed E-state index contributed by atoms with van der Waals surface area (Å²) in [6.07, 6.45) is 1.76. The molecule has 1 aromatic rings. The van der Waals surface area contributed by atoms with Crippen LogP contribution in [0.1, 0.15) is 5.69 Å². The second-order valence-corrected chi connectivity index (χ2v) is 3.93. The number of alkyl halides is 1. The molecule has 0 unspecified atom stereocenters. The summed E-state index contributed by atoms with van der Waals surface area (Å²) in [4.78, 5) is 8.65. The number of likely N-dealkylation sites (N-methyl/N-ethyl adjacent to an activating group) is 1. The zero-order valence-electron chi connectivity index (χ0n) is 8.99. The molecule has 15 heavy (non-hydrogen) atoms. The first-order valence-corrected chi connectivity index (χ1v) is 5.24. The van der Waals surface area contributed by atoms with Crippen LogP contribution in [0.25, 0.3) is 0 Å². The van der Waals surface area contributed by atoms with E-state index in [1.165, 1.54) is 0 Å². The van der Waals surface area contributed by atoms with Gasteiger partial charge in [0.05, 0.1) is 17.6 Å². The van der Waals surface area contributed by atoms with E-state index in [2.05, 4.69) is 21.8 Å². The van der Waals surface area contributed by atoms with Crippen molar-refractivity contribution in [2.45, 2.75) is 6.67 Å². The van der Waals surface area contributed by atoms with Gasteiger partial charge in [-0.15, -0.1) is 0 Å². The lowest BCUT2D eigenvalue weighted by molar-refractivity contribution is 0.312. The van der Waals surface area contributed by atoms with Crippen LogP contribution in [-0.4, -0.2) is 43.1 Å². The molecule has 1 aliphatic rings. The highest BCUT2D eigenvalue weighted by Crippen LogP contribution is 2.15. The van der Waals surface area contributed by atoms with Crippen molar-refractivity contribution in [1.29, 1.82) is 0 Å². The van der Waals surface area contributed by atoms with Gasteiger partial charge in [-0.1, -0.05) is 0 Å². The van der Waals surface area contributed by atoms with Crippen LogP contribution in [0, 0.1) is 0 Å². The monoisotopic (exact) mass is 209 g/mol. The molecule has 0 radical (unpaired) electrons. The molecule has 0 atom stereocenters. The van der Waals surface area contributed by atoms with Crippen LogP contribution < -0.4 is 4.90 Å². The first-order chi connectivity index (χ1) is 7.29. The van der Waals surface area contributed by atoms with Gasteiger partial charge in [-0.3, -0.25) is 4.98 Å². The summed E-state index contributed by atoms with van der Waals surface area (Å²) in [5.74, 6) is 0. The third-order valence-electron chi connectivity index (χ3n) is 2.81. The largest absolute Gasteiger partial charge is 0.368 e. The Hall–Kier alpha value is -1.16. The van der Waals surface area contributed by atoms with Crippen molar-refractivity contribution in [3.05, 3.63) is 24.0 Å². The Labute approximate surface area is 89.5 Å². The minimum atomic E-state index is -0.483. The molecule has 2 rings (SSSR count). The van der Waals surface area contributed by atoms with E-state index < -0.39 is 6.67 Å². The highest BCUT2D eigenvalue weighted by molar-refractivity contribution is 5.44. The van der Waals surface area contributed by atoms with Crippen LogP contribution in [0.3, 0.4) is 0 Å². The molecule has 1 aliphatic heterocycles. The summed E-state index contributed by atoms with van der Waals surface area (Å²) >= 11 is 0. The standard InChI is InChI=1S/C11H16FN3/c1-14-4-6-15(7-5-14)11-3-2-10(8-12)13-9-11/h2-3,9H,4-8H2,1H3. The van der Waals surface area contributed by atoms with E-state index in [-0.39, 0.29) is 0 Å². The quantitative estimate of drug-likeness (QED) is 0.732. The fraction of sp³-hybridized carbons (Fsp3) is 0.545. The molecule has 82 valence electrons. The van der Waals surface area contributed by atoms with Crippen molar-refractivity contribution < 1.29 is 4.39 Å². The van der Waals surface area contributed by atoms with Gasteiger partial charge in [0, 0.05) is 26.2 Å². The predicted octanol–water partition coefficient (Wildman–Crippen LogP) is 1.30. The number of anilines is 1. The van der Waals surface area contributed by atoms with Gasteiger partial charge in [-0.25, -0.2) is 4.39 Å². The maximum Gasteiger partial charge on any atom is 0.131 e. The van der Waals surface area contributed by atoms with Crippen molar-refractivity contribution in [3.63, 3.8) is 0 Å². The summed E-state index contributed by atoms with van der Waals surface area (Å²) in [6.45, 7) is 3.71. The van der Waals surface area contributed by atoms with E-state index in [1.807, 2.05) is 6.07 Å². The fourth-order valence-corrected chi connectivity index (χ4v) is 1.75. The molecule has 2 heterocycles. The molecule has 0 aliphatic carbocycles. The van der Waals surface area contributed by atoms with Crippen molar-refractivity contribution >= 4 is 5.69 Å². The molecule has 4 heteroatoms. The lowest BCUT2D eigenvalue weighted by atomic mass is 10.2. The summed E-state index contributed by atoms with van der Waals surface area (Å²) in [7, 11) is 2.13. The molecular formula is C11H16FN3. The third-order valence-corrected chi connectivity index (χ3v) is 2.81. The molecule has 3 nitrogen and oxygen atoms in total. The van der Waals surface area contributed by atoms with E-state index in [9.17, 15) is 4.39 Å². The zero-order chi connectivity index (χ0) is 10.7. The number of pyridine rings is 1. The number of hydrogen-bond acceptors (Lipinski definition) is 3. The first kappa shape index (κ1) is 10.4. The van der Waals surface area contributed by atoms with Gasteiger partial charge in [-0.2, -0.15) is 0 Å². The van der Waals surface area contributed by atoms with Crippen LogP contribution in [-0.2, 0) is 6.67 Å². The van der Waals surface area contributed by atoms with Crippen molar-refractivity contribution in [2.24, 2.45) is 0 Å². The number of rotatable bonds is 2. The van der Waals surface area contributed by atoms with E-state index in [1.54, 1.807) is 12.3 Å². The van der Waals surface area contributed by atoms with Crippen LogP contribution in [0.15, 0.2) is 18.3 Å². The summed E-state index contributed by atoms with van der Waals surface area (Å²) in [5, 5.41) is 0. The van der Waals surface area contributed by atoms with Gasteiger partial charge in [0.15, 0.2) is 0 Å². The molecule has 0 spiro atoms. The van der Waals surface area contributed by atoms with E-state index >= 15 is 0 Å². The second-order valence-electron chi connectivity index (χ2n) is 3.93. The minimum absolute atomic E-state index is 0.483. The molecular weight excluding hydrogens is 193 g/mol. The van der Waals surface area contributed by atoms with Crippen molar-refractivity contribution in [2.75, 3.05) is 38.1 Å². The highest BCUT2D eigenvalue weighted by Gasteiger charge is 2.14. The van der Waals surface area contributed by atoms with E-state index in [0.717, 1.165) is 31.9 Å². The zero-order valence-corrected chi connectivity index (χ0v) is 8.99. The fourth-order valence-electron chi connectivity index (χ4n) is 1.75. The topological polar surface area (TPSA) is 19.4 Å². The maximum absolute atomic E-state index is 12.3. The van der Waals surface area contributed by atoms with E-state index in [4.69, 9.17) is 0 Å². The molecule has 0 saturated carbocycles.